The van der Waals surface area contributed by atoms with Crippen LogP contribution in [-0.4, -0.2) is 20.3 Å². The van der Waals surface area contributed by atoms with E-state index in [1.807, 2.05) is 0 Å². The van der Waals surface area contributed by atoms with Crippen molar-refractivity contribution in [3.8, 4) is 0 Å². The van der Waals surface area contributed by atoms with Gasteiger partial charge in [0, 0.05) is 17.7 Å². The van der Waals surface area contributed by atoms with Gasteiger partial charge in [0.25, 0.3) is 0 Å². The molecule has 1 aromatic rings. The monoisotopic (exact) mass is 401 g/mol. The number of alkyl halides is 3. The van der Waals surface area contributed by atoms with Gasteiger partial charge in [0.2, 0.25) is 5.91 Å². The molecule has 0 radical (unpaired) electrons. The van der Waals surface area contributed by atoms with Gasteiger partial charge >= 0.3 is 6.18 Å². The van der Waals surface area contributed by atoms with Gasteiger partial charge in [-0.15, -0.1) is 0 Å². The Kier molecular flexibility index (Phi) is 6.47. The van der Waals surface area contributed by atoms with Gasteiger partial charge in [0.05, 0.1) is 5.56 Å². The number of halogens is 3. The van der Waals surface area contributed by atoms with Crippen molar-refractivity contribution in [1.82, 2.24) is 0 Å². The third kappa shape index (κ3) is 5.81. The first-order valence-electron chi connectivity index (χ1n) is 9.45. The van der Waals surface area contributed by atoms with Crippen LogP contribution in [0.15, 0.2) is 24.3 Å². The van der Waals surface area contributed by atoms with Crippen molar-refractivity contribution >= 4 is 19.9 Å². The summed E-state index contributed by atoms with van der Waals surface area (Å²) in [6.45, 7) is 11.0. The second kappa shape index (κ2) is 7.95. The van der Waals surface area contributed by atoms with Crippen molar-refractivity contribution in [2.75, 3.05) is 5.32 Å². The van der Waals surface area contributed by atoms with Crippen molar-refractivity contribution in [2.24, 2.45) is 5.92 Å². The van der Waals surface area contributed by atoms with E-state index in [-0.39, 0.29) is 28.7 Å². The molecular formula is C20H30F3NO2Si. The highest BCUT2D eigenvalue weighted by Gasteiger charge is 2.40. The molecule has 1 saturated carbocycles. The topological polar surface area (TPSA) is 38.3 Å². The van der Waals surface area contributed by atoms with Crippen LogP contribution in [0.5, 0.6) is 0 Å². The Morgan fingerprint density at radius 1 is 1.11 bits per heavy atom. The number of benzene rings is 1. The second-order valence-corrected chi connectivity index (χ2v) is 13.7. The molecule has 0 bridgehead atoms. The van der Waals surface area contributed by atoms with E-state index in [1.54, 1.807) is 0 Å². The molecule has 1 aliphatic rings. The third-order valence-corrected chi connectivity index (χ3v) is 10.3. The highest BCUT2D eigenvalue weighted by molar-refractivity contribution is 6.74. The SMILES string of the molecule is CC(C)(C)[Si](C)(C)OC1CCC(C(=O)Nc2cccc(C(F)(F)F)c2)CC1. The summed E-state index contributed by atoms with van der Waals surface area (Å²) in [5.41, 5.74) is -0.568. The predicted octanol–water partition coefficient (Wildman–Crippen LogP) is 6.22. The third-order valence-electron chi connectivity index (χ3n) is 5.77. The number of amides is 1. The van der Waals surface area contributed by atoms with Crippen LogP contribution in [0.1, 0.15) is 52.0 Å². The molecule has 7 heteroatoms. The van der Waals surface area contributed by atoms with Crippen LogP contribution in [0.25, 0.3) is 0 Å². The lowest BCUT2D eigenvalue weighted by atomic mass is 9.87. The van der Waals surface area contributed by atoms with E-state index in [9.17, 15) is 18.0 Å². The molecule has 27 heavy (non-hydrogen) atoms. The smallest absolute Gasteiger partial charge is 0.414 e. The molecule has 0 saturated heterocycles. The maximum atomic E-state index is 12.8. The van der Waals surface area contributed by atoms with Crippen LogP contribution in [0, 0.1) is 5.92 Å². The molecule has 0 aromatic heterocycles. The fourth-order valence-corrected chi connectivity index (χ4v) is 4.48. The van der Waals surface area contributed by atoms with Gasteiger partial charge in [-0.25, -0.2) is 0 Å². The van der Waals surface area contributed by atoms with Crippen LogP contribution < -0.4 is 5.32 Å². The standard InChI is InChI=1S/C20H30F3NO2Si/c1-19(2,3)27(4,5)26-17-11-9-14(10-12-17)18(25)24-16-8-6-7-15(13-16)20(21,22)23/h6-8,13-14,17H,9-12H2,1-5H3,(H,24,25). The van der Waals surface area contributed by atoms with E-state index in [0.717, 1.165) is 25.0 Å². The average molecular weight is 402 g/mol. The molecule has 3 nitrogen and oxygen atoms in total. The van der Waals surface area contributed by atoms with Crippen LogP contribution >= 0.6 is 0 Å². The van der Waals surface area contributed by atoms with Crippen molar-refractivity contribution in [3.05, 3.63) is 29.8 Å². The van der Waals surface area contributed by atoms with E-state index in [2.05, 4.69) is 39.2 Å². The molecule has 1 amide bonds. The zero-order valence-electron chi connectivity index (χ0n) is 16.7. The Morgan fingerprint density at radius 2 is 1.70 bits per heavy atom. The molecule has 1 N–H and O–H groups in total. The van der Waals surface area contributed by atoms with Gasteiger partial charge in [0.15, 0.2) is 8.32 Å². The highest BCUT2D eigenvalue weighted by Crippen LogP contribution is 2.40. The Morgan fingerprint density at radius 3 is 2.22 bits per heavy atom. The minimum Gasteiger partial charge on any atom is -0.414 e. The van der Waals surface area contributed by atoms with Gasteiger partial charge in [-0.2, -0.15) is 13.2 Å². The first kappa shape index (κ1) is 22.0. The van der Waals surface area contributed by atoms with Crippen LogP contribution in [0.2, 0.25) is 18.1 Å². The minimum atomic E-state index is -4.42. The lowest BCUT2D eigenvalue weighted by Gasteiger charge is -2.41. The number of anilines is 1. The number of rotatable bonds is 4. The quantitative estimate of drug-likeness (QED) is 0.608. The largest absolute Gasteiger partial charge is 0.416 e. The van der Waals surface area contributed by atoms with E-state index in [1.165, 1.54) is 12.1 Å². The second-order valence-electron chi connectivity index (χ2n) is 8.92. The predicted molar refractivity (Wildman–Crippen MR) is 104 cm³/mol. The zero-order chi connectivity index (χ0) is 20.5. The van der Waals surface area contributed by atoms with Crippen molar-refractivity contribution in [1.29, 1.82) is 0 Å². The lowest BCUT2D eigenvalue weighted by molar-refractivity contribution is -0.137. The Labute approximate surface area is 160 Å². The molecule has 0 unspecified atom stereocenters. The van der Waals surface area contributed by atoms with Gasteiger partial charge in [-0.1, -0.05) is 26.8 Å². The molecule has 0 atom stereocenters. The summed E-state index contributed by atoms with van der Waals surface area (Å²) >= 11 is 0. The number of hydrogen-bond acceptors (Lipinski definition) is 2. The fourth-order valence-electron chi connectivity index (χ4n) is 3.05. The number of hydrogen-bond donors (Lipinski definition) is 1. The fraction of sp³-hybridized carbons (Fsp3) is 0.650. The summed E-state index contributed by atoms with van der Waals surface area (Å²) in [4.78, 5) is 12.5. The number of carbonyl (C=O) groups excluding carboxylic acids is 1. The summed E-state index contributed by atoms with van der Waals surface area (Å²) in [5, 5.41) is 2.78. The molecule has 1 fully saturated rings. The first-order chi connectivity index (χ1) is 12.3. The Hall–Kier alpha value is -1.34. The molecule has 0 aliphatic heterocycles. The van der Waals surface area contributed by atoms with Gasteiger partial charge < -0.3 is 9.74 Å². The Balaban J connectivity index is 1.90. The maximum absolute atomic E-state index is 12.8. The van der Waals surface area contributed by atoms with Crippen LogP contribution in [0.4, 0.5) is 18.9 Å². The van der Waals surface area contributed by atoms with Crippen molar-refractivity contribution in [2.45, 2.75) is 76.9 Å². The van der Waals surface area contributed by atoms with Gasteiger partial charge in [-0.05, 0) is 62.0 Å². The molecule has 1 aliphatic carbocycles. The lowest BCUT2D eigenvalue weighted by Crippen LogP contribution is -2.45. The highest BCUT2D eigenvalue weighted by atomic mass is 28.4. The summed E-state index contributed by atoms with van der Waals surface area (Å²) in [5.74, 6) is -0.390. The van der Waals surface area contributed by atoms with E-state index in [0.29, 0.717) is 12.8 Å². The number of carbonyl (C=O) groups is 1. The summed E-state index contributed by atoms with van der Waals surface area (Å²) in [6, 6.07) is 4.77. The van der Waals surface area contributed by atoms with Crippen molar-refractivity contribution < 1.29 is 22.4 Å². The number of nitrogens with one attached hydrogen (secondary N) is 1. The van der Waals surface area contributed by atoms with E-state index < -0.39 is 20.1 Å². The molecule has 0 heterocycles. The van der Waals surface area contributed by atoms with Crippen molar-refractivity contribution in [3.63, 3.8) is 0 Å². The molecule has 152 valence electrons. The zero-order valence-corrected chi connectivity index (χ0v) is 17.7. The normalized spacial score (nSPS) is 21.8. The molecule has 1 aromatic carbocycles. The summed E-state index contributed by atoms with van der Waals surface area (Å²) in [7, 11) is -1.83. The molecule has 0 spiro atoms. The first-order valence-corrected chi connectivity index (χ1v) is 12.4. The minimum absolute atomic E-state index is 0.144. The summed E-state index contributed by atoms with van der Waals surface area (Å²) in [6.07, 6.45) is -1.22. The van der Waals surface area contributed by atoms with Crippen LogP contribution in [-0.2, 0) is 15.4 Å². The molecule has 2 rings (SSSR count). The van der Waals surface area contributed by atoms with E-state index >= 15 is 0 Å². The average Bonchev–Trinajstić information content (AvgIpc) is 2.53. The molecular weight excluding hydrogens is 371 g/mol. The van der Waals surface area contributed by atoms with Gasteiger partial charge in [0.1, 0.15) is 0 Å². The maximum Gasteiger partial charge on any atom is 0.416 e. The van der Waals surface area contributed by atoms with Gasteiger partial charge in [-0.3, -0.25) is 4.79 Å². The Bertz CT molecular complexity index is 660. The van der Waals surface area contributed by atoms with E-state index in [4.69, 9.17) is 4.43 Å². The van der Waals surface area contributed by atoms with Crippen LogP contribution in [0.3, 0.4) is 0 Å². The summed E-state index contributed by atoms with van der Waals surface area (Å²) < 4.78 is 44.8.